The largest absolute Gasteiger partial charge is 0.416 e. The van der Waals surface area contributed by atoms with Crippen LogP contribution in [0.3, 0.4) is 0 Å². The Morgan fingerprint density at radius 3 is 2.81 bits per heavy atom. The Hall–Kier alpha value is -0.780. The van der Waals surface area contributed by atoms with E-state index in [2.05, 4.69) is 5.32 Å². The van der Waals surface area contributed by atoms with E-state index in [0.29, 0.717) is 18.7 Å². The van der Waals surface area contributed by atoms with Crippen LogP contribution in [0.2, 0.25) is 0 Å². The van der Waals surface area contributed by atoms with E-state index in [4.69, 9.17) is 4.74 Å². The van der Waals surface area contributed by atoms with E-state index >= 15 is 0 Å². The first kappa shape index (κ1) is 16.6. The molecule has 6 heteroatoms. The fourth-order valence-corrected chi connectivity index (χ4v) is 3.45. The van der Waals surface area contributed by atoms with Crippen molar-refractivity contribution in [1.29, 1.82) is 0 Å². The lowest BCUT2D eigenvalue weighted by Crippen LogP contribution is -2.59. The minimum atomic E-state index is -4.30. The van der Waals surface area contributed by atoms with Crippen molar-refractivity contribution >= 4 is 12.4 Å². The van der Waals surface area contributed by atoms with E-state index in [0.717, 1.165) is 31.7 Å². The second kappa shape index (κ2) is 6.15. The predicted molar refractivity (Wildman–Crippen MR) is 76.6 cm³/mol. The first-order valence-corrected chi connectivity index (χ1v) is 7.07. The van der Waals surface area contributed by atoms with Gasteiger partial charge in [0, 0.05) is 6.54 Å². The van der Waals surface area contributed by atoms with E-state index in [1.165, 1.54) is 12.1 Å². The van der Waals surface area contributed by atoms with Crippen molar-refractivity contribution in [1.82, 2.24) is 5.32 Å². The topological polar surface area (TPSA) is 21.3 Å². The molecule has 1 N–H and O–H groups in total. The predicted octanol–water partition coefficient (Wildman–Crippen LogP) is 3.88. The highest BCUT2D eigenvalue weighted by Crippen LogP contribution is 2.42. The fourth-order valence-electron chi connectivity index (χ4n) is 3.45. The van der Waals surface area contributed by atoms with Crippen LogP contribution in [0.1, 0.15) is 36.8 Å². The van der Waals surface area contributed by atoms with Crippen molar-refractivity contribution in [3.8, 4) is 0 Å². The lowest BCUT2D eigenvalue weighted by atomic mass is 9.73. The van der Waals surface area contributed by atoms with Crippen LogP contribution in [0.15, 0.2) is 24.3 Å². The van der Waals surface area contributed by atoms with Gasteiger partial charge in [0.2, 0.25) is 0 Å². The number of ether oxygens (including phenoxy) is 1. The maximum Gasteiger partial charge on any atom is 0.416 e. The zero-order valence-electron chi connectivity index (χ0n) is 11.6. The average Bonchev–Trinajstić information content (AvgIpc) is 2.46. The van der Waals surface area contributed by atoms with Crippen molar-refractivity contribution in [2.24, 2.45) is 0 Å². The Morgan fingerprint density at radius 1 is 1.24 bits per heavy atom. The van der Waals surface area contributed by atoms with Crippen LogP contribution in [0.25, 0.3) is 0 Å². The molecule has 0 amide bonds. The normalized spacial score (nSPS) is 29.4. The van der Waals surface area contributed by atoms with Crippen molar-refractivity contribution in [2.75, 3.05) is 13.2 Å². The van der Waals surface area contributed by atoms with Crippen LogP contribution in [-0.4, -0.2) is 19.3 Å². The molecule has 1 saturated heterocycles. The van der Waals surface area contributed by atoms with E-state index in [1.54, 1.807) is 6.07 Å². The van der Waals surface area contributed by atoms with E-state index < -0.39 is 17.3 Å². The second-order valence-corrected chi connectivity index (χ2v) is 5.58. The Morgan fingerprint density at radius 2 is 2.05 bits per heavy atom. The molecule has 2 aliphatic rings. The first-order valence-electron chi connectivity index (χ1n) is 7.07. The van der Waals surface area contributed by atoms with Crippen LogP contribution in [0.4, 0.5) is 13.2 Å². The molecular weight excluding hydrogens is 303 g/mol. The third kappa shape index (κ3) is 3.05. The fraction of sp³-hybridized carbons (Fsp3) is 0.600. The summed E-state index contributed by atoms with van der Waals surface area (Å²) in [4.78, 5) is 0. The van der Waals surface area contributed by atoms with Crippen molar-refractivity contribution < 1.29 is 17.9 Å². The van der Waals surface area contributed by atoms with Gasteiger partial charge in [-0.15, -0.1) is 12.4 Å². The molecular formula is C15H19ClF3NO. The summed E-state index contributed by atoms with van der Waals surface area (Å²) < 4.78 is 44.5. The lowest BCUT2D eigenvalue weighted by molar-refractivity contribution is -0.137. The van der Waals surface area contributed by atoms with Crippen LogP contribution >= 0.6 is 12.4 Å². The van der Waals surface area contributed by atoms with Crippen LogP contribution < -0.4 is 5.32 Å². The van der Waals surface area contributed by atoms with Gasteiger partial charge in [0.15, 0.2) is 0 Å². The van der Waals surface area contributed by atoms with Gasteiger partial charge in [-0.05, 0) is 30.5 Å². The molecule has 1 aliphatic heterocycles. The van der Waals surface area contributed by atoms with Crippen LogP contribution in [0, 0.1) is 0 Å². The Bertz CT molecular complexity index is 480. The van der Waals surface area contributed by atoms with Gasteiger partial charge >= 0.3 is 6.18 Å². The molecule has 2 nitrogen and oxygen atoms in total. The Balaban J connectivity index is 0.00000161. The summed E-state index contributed by atoms with van der Waals surface area (Å²) in [6, 6.07) is 5.69. The summed E-state index contributed by atoms with van der Waals surface area (Å²) in [6.45, 7) is 1.32. The Labute approximate surface area is 128 Å². The molecule has 2 unspecified atom stereocenters. The third-order valence-electron chi connectivity index (χ3n) is 4.40. The maximum absolute atomic E-state index is 12.9. The highest BCUT2D eigenvalue weighted by atomic mass is 35.5. The van der Waals surface area contributed by atoms with Crippen molar-refractivity contribution in [3.05, 3.63) is 35.4 Å². The number of benzene rings is 1. The number of fused-ring (bicyclic) bond motifs is 1. The molecule has 0 aromatic heterocycles. The molecule has 2 fully saturated rings. The number of morpholine rings is 1. The minimum absolute atomic E-state index is 0. The highest BCUT2D eigenvalue weighted by molar-refractivity contribution is 5.85. The molecule has 1 aromatic carbocycles. The number of alkyl halides is 3. The SMILES string of the molecule is Cl.FC(F)(F)c1cccc(C23CCCCC2OCCN3)c1. The molecule has 3 rings (SSSR count). The van der Waals surface area contributed by atoms with Gasteiger partial charge in [-0.2, -0.15) is 13.2 Å². The molecule has 1 heterocycles. The monoisotopic (exact) mass is 321 g/mol. The van der Waals surface area contributed by atoms with Gasteiger partial charge in [-0.3, -0.25) is 0 Å². The first-order chi connectivity index (χ1) is 9.52. The summed E-state index contributed by atoms with van der Waals surface area (Å²) in [7, 11) is 0. The molecule has 1 aliphatic carbocycles. The summed E-state index contributed by atoms with van der Waals surface area (Å²) in [6.07, 6.45) is -0.487. The van der Waals surface area contributed by atoms with Gasteiger partial charge < -0.3 is 10.1 Å². The van der Waals surface area contributed by atoms with Gasteiger partial charge in [0.05, 0.1) is 23.8 Å². The molecule has 0 radical (unpaired) electrons. The third-order valence-corrected chi connectivity index (χ3v) is 4.40. The molecule has 0 bridgehead atoms. The minimum Gasteiger partial charge on any atom is -0.375 e. The summed E-state index contributed by atoms with van der Waals surface area (Å²) in [5, 5.41) is 3.44. The molecule has 1 saturated carbocycles. The maximum atomic E-state index is 12.9. The number of nitrogens with one attached hydrogen (secondary N) is 1. The second-order valence-electron chi connectivity index (χ2n) is 5.58. The number of halogens is 4. The lowest BCUT2D eigenvalue weighted by Gasteiger charge is -2.48. The Kier molecular flexibility index (Phi) is 4.85. The van der Waals surface area contributed by atoms with Gasteiger partial charge in [-0.25, -0.2) is 0 Å². The van der Waals surface area contributed by atoms with Gasteiger partial charge in [-0.1, -0.05) is 25.0 Å². The molecule has 2 atom stereocenters. The number of rotatable bonds is 1. The summed E-state index contributed by atoms with van der Waals surface area (Å²) in [5.74, 6) is 0. The van der Waals surface area contributed by atoms with Crippen LogP contribution in [-0.2, 0) is 16.5 Å². The molecule has 21 heavy (non-hydrogen) atoms. The zero-order chi connectivity index (χ0) is 14.2. The van der Waals surface area contributed by atoms with E-state index in [1.807, 2.05) is 0 Å². The average molecular weight is 322 g/mol. The van der Waals surface area contributed by atoms with Gasteiger partial charge in [0.1, 0.15) is 0 Å². The van der Waals surface area contributed by atoms with Crippen molar-refractivity contribution in [3.63, 3.8) is 0 Å². The van der Waals surface area contributed by atoms with Crippen molar-refractivity contribution in [2.45, 2.75) is 43.5 Å². The van der Waals surface area contributed by atoms with E-state index in [9.17, 15) is 13.2 Å². The summed E-state index contributed by atoms with van der Waals surface area (Å²) in [5.41, 5.74) is -0.324. The van der Waals surface area contributed by atoms with E-state index in [-0.39, 0.29) is 18.5 Å². The zero-order valence-corrected chi connectivity index (χ0v) is 12.4. The number of hydrogen-bond acceptors (Lipinski definition) is 2. The molecule has 118 valence electrons. The van der Waals surface area contributed by atoms with Gasteiger partial charge in [0.25, 0.3) is 0 Å². The standard InChI is InChI=1S/C15H18F3NO.ClH/c16-15(17,18)12-5-3-4-11(10-12)14-7-2-1-6-13(14)20-9-8-19-14;/h3-5,10,13,19H,1-2,6-9H2;1H. The smallest absolute Gasteiger partial charge is 0.375 e. The highest BCUT2D eigenvalue weighted by Gasteiger charge is 2.45. The quantitative estimate of drug-likeness (QED) is 0.847. The summed E-state index contributed by atoms with van der Waals surface area (Å²) >= 11 is 0. The van der Waals surface area contributed by atoms with Crippen LogP contribution in [0.5, 0.6) is 0 Å². The number of hydrogen-bond donors (Lipinski definition) is 1. The molecule has 1 aromatic rings. The molecule has 0 spiro atoms.